The van der Waals surface area contributed by atoms with Gasteiger partial charge in [-0.3, -0.25) is 10.0 Å². The van der Waals surface area contributed by atoms with Crippen molar-refractivity contribution in [3.63, 3.8) is 0 Å². The van der Waals surface area contributed by atoms with Gasteiger partial charge in [0, 0.05) is 30.5 Å². The Hall–Kier alpha value is -2.37. The van der Waals surface area contributed by atoms with Gasteiger partial charge in [-0.15, -0.1) is 0 Å². The van der Waals surface area contributed by atoms with Crippen LogP contribution in [0.1, 0.15) is 52.2 Å². The van der Waals surface area contributed by atoms with Gasteiger partial charge in [-0.2, -0.15) is 0 Å². The fourth-order valence-electron chi connectivity index (χ4n) is 2.97. The van der Waals surface area contributed by atoms with E-state index in [0.717, 1.165) is 22.0 Å². The summed E-state index contributed by atoms with van der Waals surface area (Å²) in [6.45, 7) is 10.8. The third-order valence-corrected chi connectivity index (χ3v) is 5.07. The van der Waals surface area contributed by atoms with Crippen molar-refractivity contribution < 1.29 is 14.7 Å². The van der Waals surface area contributed by atoms with Crippen LogP contribution >= 0.6 is 0 Å². The Balaban J connectivity index is 1.97. The molecule has 0 atom stereocenters. The molecule has 0 aromatic heterocycles. The molecule has 5 nitrogen and oxygen atoms in total. The van der Waals surface area contributed by atoms with Gasteiger partial charge in [0.2, 0.25) is 0 Å². The minimum Gasteiger partial charge on any atom is -0.385 e. The largest absolute Gasteiger partial charge is 0.385 e. The normalized spacial score (nSPS) is 12.0. The molecule has 2 aromatic rings. The van der Waals surface area contributed by atoms with Gasteiger partial charge in [-0.05, 0) is 47.2 Å². The standard InChI is InChI=1S/C24H34N2O3/c1-23(2,3)19-9-13-21(14-10-19)25-20-11-7-18(8-12-20)17-26(28)22(27)24(4,5)15-16-29-6/h7-14,25,28H,15-17H2,1-6H3. The summed E-state index contributed by atoms with van der Waals surface area (Å²) in [5.41, 5.74) is 3.58. The Morgan fingerprint density at radius 3 is 1.97 bits per heavy atom. The number of nitrogens with one attached hydrogen (secondary N) is 1. The Labute approximate surface area is 174 Å². The van der Waals surface area contributed by atoms with Crippen molar-refractivity contribution in [3.8, 4) is 0 Å². The van der Waals surface area contributed by atoms with Crippen LogP contribution in [-0.4, -0.2) is 29.9 Å². The Morgan fingerprint density at radius 1 is 0.966 bits per heavy atom. The third kappa shape index (κ3) is 6.58. The number of rotatable bonds is 8. The number of hydroxylamine groups is 2. The predicted molar refractivity (Wildman–Crippen MR) is 117 cm³/mol. The molecule has 0 unspecified atom stereocenters. The summed E-state index contributed by atoms with van der Waals surface area (Å²) >= 11 is 0. The molecule has 0 saturated carbocycles. The van der Waals surface area contributed by atoms with Gasteiger partial charge in [0.1, 0.15) is 0 Å². The minimum atomic E-state index is -0.675. The van der Waals surface area contributed by atoms with E-state index < -0.39 is 5.41 Å². The maximum absolute atomic E-state index is 12.5. The number of benzene rings is 2. The summed E-state index contributed by atoms with van der Waals surface area (Å²) < 4.78 is 5.05. The quantitative estimate of drug-likeness (QED) is 0.455. The molecule has 0 heterocycles. The number of amides is 1. The lowest BCUT2D eigenvalue weighted by Crippen LogP contribution is -2.39. The molecular formula is C24H34N2O3. The van der Waals surface area contributed by atoms with Crippen LogP contribution in [0.5, 0.6) is 0 Å². The summed E-state index contributed by atoms with van der Waals surface area (Å²) in [4.78, 5) is 12.5. The highest BCUT2D eigenvalue weighted by atomic mass is 16.5. The topological polar surface area (TPSA) is 61.8 Å². The molecule has 1 amide bonds. The molecule has 0 aliphatic rings. The van der Waals surface area contributed by atoms with Crippen molar-refractivity contribution in [2.45, 2.75) is 53.0 Å². The fourth-order valence-corrected chi connectivity index (χ4v) is 2.97. The molecular weight excluding hydrogens is 364 g/mol. The van der Waals surface area contributed by atoms with E-state index in [4.69, 9.17) is 4.74 Å². The maximum atomic E-state index is 12.5. The number of hydrogen-bond donors (Lipinski definition) is 2. The van der Waals surface area contributed by atoms with Crippen molar-refractivity contribution in [1.82, 2.24) is 5.06 Å². The minimum absolute atomic E-state index is 0.131. The molecule has 0 aliphatic carbocycles. The van der Waals surface area contributed by atoms with Gasteiger partial charge < -0.3 is 10.1 Å². The van der Waals surface area contributed by atoms with E-state index >= 15 is 0 Å². The van der Waals surface area contributed by atoms with Crippen LogP contribution in [0.3, 0.4) is 0 Å². The van der Waals surface area contributed by atoms with Gasteiger partial charge in [0.15, 0.2) is 0 Å². The summed E-state index contributed by atoms with van der Waals surface area (Å²) in [6.07, 6.45) is 0.552. The van der Waals surface area contributed by atoms with Crippen LogP contribution in [0.25, 0.3) is 0 Å². The van der Waals surface area contributed by atoms with Gasteiger partial charge in [0.05, 0.1) is 6.54 Å². The third-order valence-electron chi connectivity index (χ3n) is 5.07. The summed E-state index contributed by atoms with van der Waals surface area (Å²) in [6, 6.07) is 16.1. The number of nitrogens with zero attached hydrogens (tertiary/aromatic N) is 1. The van der Waals surface area contributed by atoms with Gasteiger partial charge in [0.25, 0.3) is 5.91 Å². The second-order valence-electron chi connectivity index (χ2n) is 9.14. The lowest BCUT2D eigenvalue weighted by atomic mass is 9.87. The Bertz CT molecular complexity index is 790. The Morgan fingerprint density at radius 2 is 1.48 bits per heavy atom. The number of methoxy groups -OCH3 is 1. The zero-order valence-electron chi connectivity index (χ0n) is 18.5. The van der Waals surface area contributed by atoms with E-state index in [1.807, 2.05) is 38.1 Å². The first kappa shape index (κ1) is 22.9. The van der Waals surface area contributed by atoms with Crippen LogP contribution in [0.4, 0.5) is 11.4 Å². The van der Waals surface area contributed by atoms with Crippen LogP contribution in [0.2, 0.25) is 0 Å². The van der Waals surface area contributed by atoms with Crippen LogP contribution in [0.15, 0.2) is 48.5 Å². The molecule has 0 saturated heterocycles. The second-order valence-corrected chi connectivity index (χ2v) is 9.14. The average molecular weight is 399 g/mol. The Kier molecular flexibility index (Phi) is 7.44. The first-order chi connectivity index (χ1) is 13.5. The van der Waals surface area contributed by atoms with Crippen molar-refractivity contribution in [2.75, 3.05) is 19.0 Å². The lowest BCUT2D eigenvalue weighted by molar-refractivity contribution is -0.179. The first-order valence-electron chi connectivity index (χ1n) is 9.99. The van der Waals surface area contributed by atoms with E-state index in [2.05, 4.69) is 50.4 Å². The zero-order chi connectivity index (χ0) is 21.7. The highest BCUT2D eigenvalue weighted by molar-refractivity contribution is 5.80. The van der Waals surface area contributed by atoms with Gasteiger partial charge in [-0.1, -0.05) is 58.9 Å². The molecule has 0 radical (unpaired) electrons. The zero-order valence-corrected chi connectivity index (χ0v) is 18.5. The molecule has 2 aromatic carbocycles. The highest BCUT2D eigenvalue weighted by Crippen LogP contribution is 2.26. The van der Waals surface area contributed by atoms with Gasteiger partial charge in [-0.25, -0.2) is 5.06 Å². The molecule has 0 bridgehead atoms. The van der Waals surface area contributed by atoms with Crippen molar-refractivity contribution in [3.05, 3.63) is 59.7 Å². The van der Waals surface area contributed by atoms with E-state index in [1.54, 1.807) is 7.11 Å². The summed E-state index contributed by atoms with van der Waals surface area (Å²) in [5, 5.41) is 14.4. The van der Waals surface area contributed by atoms with Crippen LogP contribution in [0, 0.1) is 5.41 Å². The second kappa shape index (κ2) is 9.42. The number of carbonyl (C=O) groups excluding carboxylic acids is 1. The fraction of sp³-hybridized carbons (Fsp3) is 0.458. The van der Waals surface area contributed by atoms with Crippen LogP contribution < -0.4 is 5.32 Å². The lowest BCUT2D eigenvalue weighted by Gasteiger charge is -2.27. The molecule has 2 rings (SSSR count). The predicted octanol–water partition coefficient (Wildman–Crippen LogP) is 5.51. The molecule has 0 aliphatic heterocycles. The summed E-state index contributed by atoms with van der Waals surface area (Å²) in [5.74, 6) is -0.310. The molecule has 158 valence electrons. The van der Waals surface area contributed by atoms with Gasteiger partial charge >= 0.3 is 0 Å². The number of hydrogen-bond acceptors (Lipinski definition) is 4. The molecule has 29 heavy (non-hydrogen) atoms. The maximum Gasteiger partial charge on any atom is 0.251 e. The van der Waals surface area contributed by atoms with E-state index in [0.29, 0.717) is 13.0 Å². The van der Waals surface area contributed by atoms with Crippen molar-refractivity contribution in [2.24, 2.45) is 5.41 Å². The number of carbonyl (C=O) groups is 1. The smallest absolute Gasteiger partial charge is 0.251 e. The molecule has 0 fully saturated rings. The summed E-state index contributed by atoms with van der Waals surface area (Å²) in [7, 11) is 1.60. The molecule has 2 N–H and O–H groups in total. The average Bonchev–Trinajstić information content (AvgIpc) is 2.67. The number of ether oxygens (including phenoxy) is 1. The van der Waals surface area contributed by atoms with Crippen molar-refractivity contribution >= 4 is 17.3 Å². The van der Waals surface area contributed by atoms with E-state index in [9.17, 15) is 10.0 Å². The van der Waals surface area contributed by atoms with Crippen LogP contribution in [-0.2, 0) is 21.5 Å². The molecule has 0 spiro atoms. The first-order valence-corrected chi connectivity index (χ1v) is 9.99. The van der Waals surface area contributed by atoms with E-state index in [-0.39, 0.29) is 17.9 Å². The van der Waals surface area contributed by atoms with E-state index in [1.165, 1.54) is 5.56 Å². The molecule has 5 heteroatoms. The van der Waals surface area contributed by atoms with Crippen molar-refractivity contribution in [1.29, 1.82) is 0 Å². The monoisotopic (exact) mass is 398 g/mol. The highest BCUT2D eigenvalue weighted by Gasteiger charge is 2.31. The number of anilines is 2. The SMILES string of the molecule is COCCC(C)(C)C(=O)N(O)Cc1ccc(Nc2ccc(C(C)(C)C)cc2)cc1.